The molecule has 0 saturated carbocycles. The highest BCUT2D eigenvalue weighted by molar-refractivity contribution is 6.42. The molecule has 0 saturated heterocycles. The van der Waals surface area contributed by atoms with E-state index in [1.165, 1.54) is 0 Å². The van der Waals surface area contributed by atoms with Gasteiger partial charge in [0.05, 0.1) is 22.6 Å². The lowest BCUT2D eigenvalue weighted by atomic mass is 10.1. The van der Waals surface area contributed by atoms with Crippen molar-refractivity contribution in [1.29, 1.82) is 0 Å². The third-order valence-corrected chi connectivity index (χ3v) is 4.59. The van der Waals surface area contributed by atoms with Crippen LogP contribution in [-0.2, 0) is 11.3 Å². The van der Waals surface area contributed by atoms with Crippen molar-refractivity contribution in [3.8, 4) is 0 Å². The molecule has 0 fully saturated rings. The summed E-state index contributed by atoms with van der Waals surface area (Å²) in [6.45, 7) is 2.85. The second-order valence-corrected chi connectivity index (χ2v) is 7.01. The summed E-state index contributed by atoms with van der Waals surface area (Å²) >= 11 is 17.8. The van der Waals surface area contributed by atoms with Gasteiger partial charge in [0, 0.05) is 11.6 Å². The van der Waals surface area contributed by atoms with Crippen LogP contribution in [0.4, 0.5) is 0 Å². The van der Waals surface area contributed by atoms with Crippen LogP contribution in [-0.4, -0.2) is 24.4 Å². The lowest BCUT2D eigenvalue weighted by Crippen LogP contribution is -2.36. The Kier molecular flexibility index (Phi) is 6.93. The number of hydrogen-bond acceptors (Lipinski definition) is 2. The largest absolute Gasteiger partial charge is 0.348 e. The lowest BCUT2D eigenvalue weighted by molar-refractivity contribution is -0.122. The number of likely N-dealkylation sites (N-methyl/N-ethyl adjacent to an activating group) is 1. The minimum Gasteiger partial charge on any atom is -0.348 e. The molecule has 1 atom stereocenters. The van der Waals surface area contributed by atoms with Gasteiger partial charge in [0.2, 0.25) is 5.91 Å². The van der Waals surface area contributed by atoms with Gasteiger partial charge in [-0.3, -0.25) is 9.69 Å². The number of halogens is 3. The number of rotatable bonds is 6. The first kappa shape index (κ1) is 19.1. The van der Waals surface area contributed by atoms with Crippen molar-refractivity contribution in [3.63, 3.8) is 0 Å². The Labute approximate surface area is 157 Å². The van der Waals surface area contributed by atoms with Crippen LogP contribution in [0.25, 0.3) is 0 Å². The molecule has 0 radical (unpaired) electrons. The van der Waals surface area contributed by atoms with Crippen LogP contribution in [0, 0.1) is 0 Å². The third-order valence-electron chi connectivity index (χ3n) is 3.60. The zero-order chi connectivity index (χ0) is 17.7. The fourth-order valence-electron chi connectivity index (χ4n) is 2.37. The summed E-state index contributed by atoms with van der Waals surface area (Å²) < 4.78 is 0. The van der Waals surface area contributed by atoms with Crippen molar-refractivity contribution in [2.45, 2.75) is 19.5 Å². The molecule has 0 aliphatic carbocycles. The zero-order valence-electron chi connectivity index (χ0n) is 13.5. The molecule has 0 heterocycles. The number of hydrogen-bond donors (Lipinski definition) is 1. The zero-order valence-corrected chi connectivity index (χ0v) is 15.8. The average Bonchev–Trinajstić information content (AvgIpc) is 2.51. The maximum atomic E-state index is 12.2. The third kappa shape index (κ3) is 5.67. The van der Waals surface area contributed by atoms with E-state index in [9.17, 15) is 4.79 Å². The number of benzene rings is 2. The molecule has 0 aromatic heterocycles. The van der Waals surface area contributed by atoms with Crippen molar-refractivity contribution in [1.82, 2.24) is 10.2 Å². The topological polar surface area (TPSA) is 32.3 Å². The number of amides is 1. The summed E-state index contributed by atoms with van der Waals surface area (Å²) in [7, 11) is 1.88. The Morgan fingerprint density at radius 2 is 1.75 bits per heavy atom. The number of nitrogens with zero attached hydrogens (tertiary/aromatic N) is 1. The normalized spacial score (nSPS) is 12.2. The number of carbonyl (C=O) groups excluding carboxylic acids is 1. The monoisotopic (exact) mass is 384 g/mol. The van der Waals surface area contributed by atoms with Gasteiger partial charge >= 0.3 is 0 Å². The van der Waals surface area contributed by atoms with E-state index in [4.69, 9.17) is 34.8 Å². The van der Waals surface area contributed by atoms with Crippen molar-refractivity contribution in [3.05, 3.63) is 68.7 Å². The van der Waals surface area contributed by atoms with Crippen molar-refractivity contribution in [2.24, 2.45) is 0 Å². The first-order chi connectivity index (χ1) is 11.3. The molecule has 2 aromatic carbocycles. The highest BCUT2D eigenvalue weighted by Gasteiger charge is 2.12. The molecule has 0 spiro atoms. The van der Waals surface area contributed by atoms with Crippen LogP contribution in [0.15, 0.2) is 42.5 Å². The maximum absolute atomic E-state index is 12.2. The van der Waals surface area contributed by atoms with Gasteiger partial charge in [-0.05, 0) is 49.4 Å². The van der Waals surface area contributed by atoms with Crippen LogP contribution in [0.1, 0.15) is 24.1 Å². The van der Waals surface area contributed by atoms with E-state index in [1.807, 2.05) is 55.3 Å². The van der Waals surface area contributed by atoms with Crippen LogP contribution in [0.3, 0.4) is 0 Å². The first-order valence-electron chi connectivity index (χ1n) is 7.52. The summed E-state index contributed by atoms with van der Waals surface area (Å²) in [4.78, 5) is 14.1. The Morgan fingerprint density at radius 1 is 1.08 bits per heavy atom. The summed E-state index contributed by atoms with van der Waals surface area (Å²) in [6.07, 6.45) is 0. The van der Waals surface area contributed by atoms with Gasteiger partial charge < -0.3 is 5.32 Å². The van der Waals surface area contributed by atoms with Gasteiger partial charge in [0.25, 0.3) is 0 Å². The molecule has 6 heteroatoms. The van der Waals surface area contributed by atoms with Crippen LogP contribution in [0.5, 0.6) is 0 Å². The Bertz CT molecular complexity index is 704. The molecule has 128 valence electrons. The summed E-state index contributed by atoms with van der Waals surface area (Å²) in [5.74, 6) is -0.0417. The maximum Gasteiger partial charge on any atom is 0.234 e. The summed E-state index contributed by atoms with van der Waals surface area (Å²) in [5, 5.41) is 4.70. The van der Waals surface area contributed by atoms with E-state index in [2.05, 4.69) is 5.32 Å². The van der Waals surface area contributed by atoms with Gasteiger partial charge in [-0.1, -0.05) is 53.0 Å². The fourth-order valence-corrected chi connectivity index (χ4v) is 2.82. The molecule has 0 unspecified atom stereocenters. The van der Waals surface area contributed by atoms with E-state index in [-0.39, 0.29) is 18.5 Å². The van der Waals surface area contributed by atoms with Gasteiger partial charge in [-0.2, -0.15) is 0 Å². The second-order valence-electron chi connectivity index (χ2n) is 5.76. The predicted molar refractivity (Wildman–Crippen MR) is 101 cm³/mol. The smallest absolute Gasteiger partial charge is 0.234 e. The second kappa shape index (κ2) is 8.72. The van der Waals surface area contributed by atoms with Crippen LogP contribution >= 0.6 is 34.8 Å². The van der Waals surface area contributed by atoms with Gasteiger partial charge in [0.15, 0.2) is 0 Å². The number of carbonyl (C=O) groups is 1. The standard InChI is InChI=1S/C18H19Cl3N2O/c1-12(14-4-6-15(19)7-5-14)22-18(24)11-23(2)10-13-3-8-16(20)17(21)9-13/h3-9,12H,10-11H2,1-2H3,(H,22,24)/t12-/m1/s1. The van der Waals surface area contributed by atoms with E-state index >= 15 is 0 Å². The molecule has 1 amide bonds. The predicted octanol–water partition coefficient (Wildman–Crippen LogP) is 4.96. The van der Waals surface area contributed by atoms with Gasteiger partial charge in [0.1, 0.15) is 0 Å². The lowest BCUT2D eigenvalue weighted by Gasteiger charge is -2.19. The molecule has 3 nitrogen and oxygen atoms in total. The Morgan fingerprint density at radius 3 is 2.38 bits per heavy atom. The molecule has 0 aliphatic rings. The molecule has 0 aliphatic heterocycles. The van der Waals surface area contributed by atoms with Crippen LogP contribution < -0.4 is 5.32 Å². The van der Waals surface area contributed by atoms with Crippen molar-refractivity contribution >= 4 is 40.7 Å². The van der Waals surface area contributed by atoms with E-state index in [0.29, 0.717) is 21.6 Å². The highest BCUT2D eigenvalue weighted by Crippen LogP contribution is 2.23. The Hall–Kier alpha value is -1.26. The van der Waals surface area contributed by atoms with Crippen LogP contribution in [0.2, 0.25) is 15.1 Å². The highest BCUT2D eigenvalue weighted by atomic mass is 35.5. The first-order valence-corrected chi connectivity index (χ1v) is 8.66. The molecule has 1 N–H and O–H groups in total. The minimum absolute atomic E-state index is 0.0417. The van der Waals surface area contributed by atoms with E-state index in [1.54, 1.807) is 6.07 Å². The fraction of sp³-hybridized carbons (Fsp3) is 0.278. The summed E-state index contributed by atoms with van der Waals surface area (Å²) in [6, 6.07) is 12.8. The minimum atomic E-state index is -0.0758. The van der Waals surface area contributed by atoms with Crippen molar-refractivity contribution in [2.75, 3.05) is 13.6 Å². The average molecular weight is 386 g/mol. The van der Waals surface area contributed by atoms with E-state index < -0.39 is 0 Å². The molecule has 2 aromatic rings. The molecular formula is C18H19Cl3N2O. The summed E-state index contributed by atoms with van der Waals surface area (Å²) in [5.41, 5.74) is 2.02. The quantitative estimate of drug-likeness (QED) is 0.762. The number of nitrogens with one attached hydrogen (secondary N) is 1. The molecular weight excluding hydrogens is 367 g/mol. The Balaban J connectivity index is 1.86. The van der Waals surface area contributed by atoms with Gasteiger partial charge in [-0.15, -0.1) is 0 Å². The van der Waals surface area contributed by atoms with E-state index in [0.717, 1.165) is 11.1 Å². The molecule has 2 rings (SSSR count). The molecule has 0 bridgehead atoms. The SMILES string of the molecule is C[C@@H](NC(=O)CN(C)Cc1ccc(Cl)c(Cl)c1)c1ccc(Cl)cc1. The molecule has 24 heavy (non-hydrogen) atoms. The van der Waals surface area contributed by atoms with Gasteiger partial charge in [-0.25, -0.2) is 0 Å². The van der Waals surface area contributed by atoms with Crippen molar-refractivity contribution < 1.29 is 4.79 Å².